The van der Waals surface area contributed by atoms with Crippen LogP contribution in [0.1, 0.15) is 38.5 Å². The molecule has 1 saturated heterocycles. The maximum Gasteiger partial charge on any atom is 0.223 e. The summed E-state index contributed by atoms with van der Waals surface area (Å²) in [6, 6.07) is -0.0805. The summed E-state index contributed by atoms with van der Waals surface area (Å²) in [5, 5.41) is 9.19. The number of amides is 1. The van der Waals surface area contributed by atoms with E-state index in [0.29, 0.717) is 25.5 Å². The molecule has 1 amide bonds. The van der Waals surface area contributed by atoms with Crippen molar-refractivity contribution in [3.63, 3.8) is 0 Å². The highest BCUT2D eigenvalue weighted by Crippen LogP contribution is 2.23. The van der Waals surface area contributed by atoms with Crippen molar-refractivity contribution in [2.24, 2.45) is 10.9 Å². The molecule has 1 saturated carbocycles. The Morgan fingerprint density at radius 2 is 1.78 bits per heavy atom. The predicted octanol–water partition coefficient (Wildman–Crippen LogP) is 0.0350. The average Bonchev–Trinajstić information content (AvgIpc) is 2.89. The number of sulfone groups is 1. The standard InChI is InChI=1S/C15H28N4O3S/c1-16-15(19-13-7-10-23(21,22)11-13)18-9-8-17-14(20)12-5-3-2-4-6-12/h12-13H,2-11H2,1H3,(H,17,20)(H2,16,18,19). The van der Waals surface area contributed by atoms with Gasteiger partial charge in [0.2, 0.25) is 5.91 Å². The van der Waals surface area contributed by atoms with Crippen LogP contribution in [0, 0.1) is 5.92 Å². The molecule has 3 N–H and O–H groups in total. The first kappa shape index (κ1) is 18.0. The van der Waals surface area contributed by atoms with Crippen molar-refractivity contribution in [3.05, 3.63) is 0 Å². The Labute approximate surface area is 138 Å². The average molecular weight is 344 g/mol. The van der Waals surface area contributed by atoms with Gasteiger partial charge in [-0.05, 0) is 19.3 Å². The van der Waals surface area contributed by atoms with Crippen LogP contribution in [0.2, 0.25) is 0 Å². The number of aliphatic imine (C=N–C) groups is 1. The fourth-order valence-electron chi connectivity index (χ4n) is 3.17. The van der Waals surface area contributed by atoms with Gasteiger partial charge in [-0.25, -0.2) is 8.42 Å². The first-order valence-electron chi connectivity index (χ1n) is 8.45. The highest BCUT2D eigenvalue weighted by molar-refractivity contribution is 7.91. The number of nitrogens with one attached hydrogen (secondary N) is 3. The molecule has 1 unspecified atom stereocenters. The Bertz CT molecular complexity index is 527. The first-order valence-corrected chi connectivity index (χ1v) is 10.3. The van der Waals surface area contributed by atoms with E-state index in [0.717, 1.165) is 25.7 Å². The van der Waals surface area contributed by atoms with E-state index in [1.807, 2.05) is 0 Å². The normalized spacial score (nSPS) is 25.1. The molecule has 0 aromatic heterocycles. The molecule has 7 nitrogen and oxygen atoms in total. The number of guanidine groups is 1. The summed E-state index contributed by atoms with van der Waals surface area (Å²) in [5.41, 5.74) is 0. The molecule has 2 fully saturated rings. The SMILES string of the molecule is CN=C(NCCNC(=O)C1CCCCC1)NC1CCS(=O)(=O)C1. The van der Waals surface area contributed by atoms with E-state index < -0.39 is 9.84 Å². The molecule has 1 aliphatic carbocycles. The quantitative estimate of drug-likeness (QED) is 0.371. The summed E-state index contributed by atoms with van der Waals surface area (Å²) in [7, 11) is -1.25. The summed E-state index contributed by atoms with van der Waals surface area (Å²) >= 11 is 0. The molecule has 0 radical (unpaired) electrons. The number of nitrogens with zero attached hydrogens (tertiary/aromatic N) is 1. The second-order valence-electron chi connectivity index (χ2n) is 6.37. The van der Waals surface area contributed by atoms with Crippen LogP contribution in [0.4, 0.5) is 0 Å². The zero-order valence-electron chi connectivity index (χ0n) is 13.8. The largest absolute Gasteiger partial charge is 0.355 e. The number of rotatable bonds is 5. The van der Waals surface area contributed by atoms with Gasteiger partial charge in [-0.3, -0.25) is 9.79 Å². The summed E-state index contributed by atoms with van der Waals surface area (Å²) < 4.78 is 22.9. The van der Waals surface area contributed by atoms with Crippen LogP contribution < -0.4 is 16.0 Å². The molecule has 132 valence electrons. The summed E-state index contributed by atoms with van der Waals surface area (Å²) in [5.74, 6) is 1.30. The van der Waals surface area contributed by atoms with Crippen molar-refractivity contribution in [2.45, 2.75) is 44.6 Å². The maximum absolute atomic E-state index is 12.0. The zero-order chi connectivity index (χ0) is 16.7. The van der Waals surface area contributed by atoms with Crippen LogP contribution in [-0.4, -0.2) is 58.0 Å². The van der Waals surface area contributed by atoms with Crippen molar-refractivity contribution < 1.29 is 13.2 Å². The monoisotopic (exact) mass is 344 g/mol. The minimum Gasteiger partial charge on any atom is -0.355 e. The molecule has 2 aliphatic rings. The lowest BCUT2D eigenvalue weighted by Gasteiger charge is -2.21. The van der Waals surface area contributed by atoms with Gasteiger partial charge in [0.05, 0.1) is 11.5 Å². The molecule has 1 heterocycles. The molecular weight excluding hydrogens is 316 g/mol. The Hall–Kier alpha value is -1.31. The molecule has 1 atom stereocenters. The Balaban J connectivity index is 1.63. The van der Waals surface area contributed by atoms with Crippen LogP contribution in [0.25, 0.3) is 0 Å². The topological polar surface area (TPSA) is 99.7 Å². The van der Waals surface area contributed by atoms with E-state index in [-0.39, 0.29) is 29.4 Å². The van der Waals surface area contributed by atoms with Gasteiger partial charge >= 0.3 is 0 Å². The van der Waals surface area contributed by atoms with Gasteiger partial charge in [0.15, 0.2) is 15.8 Å². The molecule has 0 bridgehead atoms. The highest BCUT2D eigenvalue weighted by atomic mass is 32.2. The second-order valence-corrected chi connectivity index (χ2v) is 8.60. The summed E-state index contributed by atoms with van der Waals surface area (Å²) in [4.78, 5) is 16.1. The van der Waals surface area contributed by atoms with Crippen molar-refractivity contribution in [3.8, 4) is 0 Å². The molecule has 8 heteroatoms. The van der Waals surface area contributed by atoms with Gasteiger partial charge < -0.3 is 16.0 Å². The minimum absolute atomic E-state index is 0.0805. The number of hydrogen-bond donors (Lipinski definition) is 3. The smallest absolute Gasteiger partial charge is 0.223 e. The van der Waals surface area contributed by atoms with Crippen molar-refractivity contribution in [1.82, 2.24) is 16.0 Å². The van der Waals surface area contributed by atoms with E-state index in [1.54, 1.807) is 7.05 Å². The lowest BCUT2D eigenvalue weighted by Crippen LogP contribution is -2.46. The number of hydrogen-bond acceptors (Lipinski definition) is 4. The predicted molar refractivity (Wildman–Crippen MR) is 91.1 cm³/mol. The third-order valence-electron chi connectivity index (χ3n) is 4.49. The molecule has 0 aromatic rings. The van der Waals surface area contributed by atoms with Gasteiger partial charge in [0, 0.05) is 32.1 Å². The van der Waals surface area contributed by atoms with Crippen LogP contribution in [-0.2, 0) is 14.6 Å². The van der Waals surface area contributed by atoms with Gasteiger partial charge in [0.25, 0.3) is 0 Å². The maximum atomic E-state index is 12.0. The molecular formula is C15H28N4O3S. The summed E-state index contributed by atoms with van der Waals surface area (Å²) in [6.45, 7) is 1.11. The van der Waals surface area contributed by atoms with Gasteiger partial charge in [0.1, 0.15) is 0 Å². The number of carbonyl (C=O) groups excluding carboxylic acids is 1. The minimum atomic E-state index is -2.90. The van der Waals surface area contributed by atoms with Crippen LogP contribution in [0.5, 0.6) is 0 Å². The lowest BCUT2D eigenvalue weighted by atomic mass is 9.89. The number of carbonyl (C=O) groups is 1. The van der Waals surface area contributed by atoms with Gasteiger partial charge in [-0.2, -0.15) is 0 Å². The third-order valence-corrected chi connectivity index (χ3v) is 6.26. The van der Waals surface area contributed by atoms with Crippen molar-refractivity contribution >= 4 is 21.7 Å². The molecule has 1 aliphatic heterocycles. The van der Waals surface area contributed by atoms with E-state index >= 15 is 0 Å². The fourth-order valence-corrected chi connectivity index (χ4v) is 4.85. The zero-order valence-corrected chi connectivity index (χ0v) is 14.6. The second kappa shape index (κ2) is 8.52. The van der Waals surface area contributed by atoms with Crippen molar-refractivity contribution in [2.75, 3.05) is 31.6 Å². The molecule has 2 rings (SSSR count). The highest BCUT2D eigenvalue weighted by Gasteiger charge is 2.28. The van der Waals surface area contributed by atoms with E-state index in [9.17, 15) is 13.2 Å². The van der Waals surface area contributed by atoms with Gasteiger partial charge in [-0.1, -0.05) is 19.3 Å². The fraction of sp³-hybridized carbons (Fsp3) is 0.867. The molecule has 0 aromatic carbocycles. The molecule has 23 heavy (non-hydrogen) atoms. The molecule has 0 spiro atoms. The van der Waals surface area contributed by atoms with E-state index in [1.165, 1.54) is 6.42 Å². The van der Waals surface area contributed by atoms with E-state index in [4.69, 9.17) is 0 Å². The van der Waals surface area contributed by atoms with Crippen molar-refractivity contribution in [1.29, 1.82) is 0 Å². The van der Waals surface area contributed by atoms with Crippen LogP contribution >= 0.6 is 0 Å². The first-order chi connectivity index (χ1) is 11.0. The Morgan fingerprint density at radius 1 is 1.09 bits per heavy atom. The third kappa shape index (κ3) is 6.01. The van der Waals surface area contributed by atoms with Crippen LogP contribution in [0.15, 0.2) is 4.99 Å². The lowest BCUT2D eigenvalue weighted by molar-refractivity contribution is -0.125. The Kier molecular flexibility index (Phi) is 6.68. The van der Waals surface area contributed by atoms with Gasteiger partial charge in [-0.15, -0.1) is 0 Å². The summed E-state index contributed by atoms with van der Waals surface area (Å²) in [6.07, 6.45) is 6.15. The Morgan fingerprint density at radius 3 is 2.39 bits per heavy atom. The van der Waals surface area contributed by atoms with Crippen LogP contribution in [0.3, 0.4) is 0 Å². The van der Waals surface area contributed by atoms with E-state index in [2.05, 4.69) is 20.9 Å².